The quantitative estimate of drug-likeness (QED) is 0.713. The van der Waals surface area contributed by atoms with Gasteiger partial charge in [0.15, 0.2) is 0 Å². The van der Waals surface area contributed by atoms with E-state index in [1.807, 2.05) is 0 Å². The van der Waals surface area contributed by atoms with Crippen LogP contribution < -0.4 is 5.73 Å². The van der Waals surface area contributed by atoms with Crippen LogP contribution in [-0.2, 0) is 0 Å². The van der Waals surface area contributed by atoms with Crippen molar-refractivity contribution in [1.29, 1.82) is 0 Å². The molecule has 0 saturated heterocycles. The minimum Gasteiger partial charge on any atom is -0.399 e. The molecule has 0 bridgehead atoms. The third kappa shape index (κ3) is 2.15. The minimum atomic E-state index is -0.495. The first-order chi connectivity index (χ1) is 9.24. The van der Waals surface area contributed by atoms with Gasteiger partial charge in [-0.15, -0.1) is 0 Å². The molecular formula is C13H9FN4O. The first kappa shape index (κ1) is 11.3. The van der Waals surface area contributed by atoms with Crippen molar-refractivity contribution in [2.45, 2.75) is 0 Å². The predicted octanol–water partition coefficient (Wildman–Crippen LogP) is 2.52. The zero-order valence-electron chi connectivity index (χ0n) is 9.75. The number of pyridine rings is 1. The van der Waals surface area contributed by atoms with Crippen LogP contribution in [0.4, 0.5) is 10.1 Å². The summed E-state index contributed by atoms with van der Waals surface area (Å²) in [6, 6.07) is 7.79. The average Bonchev–Trinajstić information content (AvgIpc) is 2.89. The monoisotopic (exact) mass is 256 g/mol. The molecule has 3 rings (SSSR count). The van der Waals surface area contributed by atoms with E-state index in [1.165, 1.54) is 12.1 Å². The SMILES string of the molecule is Nc1ccc(-c2nc(-c3ccncc3)no2)c(F)c1. The summed E-state index contributed by atoms with van der Waals surface area (Å²) in [6.45, 7) is 0. The molecule has 0 saturated carbocycles. The van der Waals surface area contributed by atoms with Crippen molar-refractivity contribution < 1.29 is 8.91 Å². The second-order valence-corrected chi connectivity index (χ2v) is 3.90. The molecule has 0 aliphatic rings. The van der Waals surface area contributed by atoms with Crippen molar-refractivity contribution in [1.82, 2.24) is 15.1 Å². The summed E-state index contributed by atoms with van der Waals surface area (Å²) in [5.74, 6) is 0.00265. The second-order valence-electron chi connectivity index (χ2n) is 3.90. The Kier molecular flexibility index (Phi) is 2.68. The normalized spacial score (nSPS) is 10.6. The van der Waals surface area contributed by atoms with Gasteiger partial charge in [-0.05, 0) is 30.3 Å². The molecule has 0 radical (unpaired) electrons. The van der Waals surface area contributed by atoms with E-state index in [0.29, 0.717) is 11.5 Å². The highest BCUT2D eigenvalue weighted by Crippen LogP contribution is 2.25. The Hall–Kier alpha value is -2.76. The summed E-state index contributed by atoms with van der Waals surface area (Å²) in [5, 5.41) is 3.81. The van der Waals surface area contributed by atoms with Gasteiger partial charge in [0, 0.05) is 23.6 Å². The standard InChI is InChI=1S/C13H9FN4O/c14-11-7-9(15)1-2-10(11)13-17-12(18-19-13)8-3-5-16-6-4-8/h1-7H,15H2. The van der Waals surface area contributed by atoms with Gasteiger partial charge in [0.25, 0.3) is 5.89 Å². The van der Waals surface area contributed by atoms with Crippen molar-refractivity contribution in [3.63, 3.8) is 0 Å². The van der Waals surface area contributed by atoms with Crippen LogP contribution >= 0.6 is 0 Å². The van der Waals surface area contributed by atoms with Crippen molar-refractivity contribution in [3.05, 3.63) is 48.5 Å². The minimum absolute atomic E-state index is 0.115. The van der Waals surface area contributed by atoms with Crippen LogP contribution in [0.15, 0.2) is 47.2 Å². The van der Waals surface area contributed by atoms with Crippen LogP contribution in [0.5, 0.6) is 0 Å². The Morgan fingerprint density at radius 3 is 2.63 bits per heavy atom. The van der Waals surface area contributed by atoms with Gasteiger partial charge < -0.3 is 10.3 Å². The largest absolute Gasteiger partial charge is 0.399 e. The van der Waals surface area contributed by atoms with Gasteiger partial charge in [-0.3, -0.25) is 4.98 Å². The highest BCUT2D eigenvalue weighted by molar-refractivity contribution is 5.61. The first-order valence-electron chi connectivity index (χ1n) is 5.53. The number of benzene rings is 1. The van der Waals surface area contributed by atoms with E-state index in [2.05, 4.69) is 15.1 Å². The fraction of sp³-hybridized carbons (Fsp3) is 0. The fourth-order valence-electron chi connectivity index (χ4n) is 1.66. The molecular weight excluding hydrogens is 247 g/mol. The Morgan fingerprint density at radius 2 is 1.89 bits per heavy atom. The molecule has 19 heavy (non-hydrogen) atoms. The number of nitrogens with two attached hydrogens (primary N) is 1. The summed E-state index contributed by atoms with van der Waals surface area (Å²) in [6.07, 6.45) is 3.24. The zero-order valence-corrected chi connectivity index (χ0v) is 9.75. The number of hydrogen-bond donors (Lipinski definition) is 1. The van der Waals surface area contributed by atoms with Crippen LogP contribution in [0.3, 0.4) is 0 Å². The van der Waals surface area contributed by atoms with Gasteiger partial charge in [-0.25, -0.2) is 4.39 Å². The molecule has 2 aromatic heterocycles. The molecule has 0 fully saturated rings. The number of aromatic nitrogens is 3. The van der Waals surface area contributed by atoms with Gasteiger partial charge >= 0.3 is 0 Å². The lowest BCUT2D eigenvalue weighted by molar-refractivity contribution is 0.429. The van der Waals surface area contributed by atoms with Gasteiger partial charge in [0.05, 0.1) is 5.56 Å². The van der Waals surface area contributed by atoms with E-state index >= 15 is 0 Å². The molecule has 3 aromatic rings. The number of anilines is 1. The average molecular weight is 256 g/mol. The van der Waals surface area contributed by atoms with Crippen LogP contribution in [-0.4, -0.2) is 15.1 Å². The van der Waals surface area contributed by atoms with E-state index < -0.39 is 5.82 Å². The Balaban J connectivity index is 2.02. The Morgan fingerprint density at radius 1 is 1.11 bits per heavy atom. The van der Waals surface area contributed by atoms with Gasteiger partial charge in [-0.2, -0.15) is 4.98 Å². The van der Waals surface area contributed by atoms with Crippen LogP contribution in [0.25, 0.3) is 22.8 Å². The van der Waals surface area contributed by atoms with Crippen molar-refractivity contribution in [2.75, 3.05) is 5.73 Å². The van der Waals surface area contributed by atoms with Crippen LogP contribution in [0.1, 0.15) is 0 Å². The molecule has 5 nitrogen and oxygen atoms in total. The van der Waals surface area contributed by atoms with Gasteiger partial charge in [0.2, 0.25) is 5.82 Å². The predicted molar refractivity (Wildman–Crippen MR) is 67.3 cm³/mol. The van der Waals surface area contributed by atoms with Gasteiger partial charge in [0.1, 0.15) is 5.82 Å². The third-order valence-corrected chi connectivity index (χ3v) is 2.59. The fourth-order valence-corrected chi connectivity index (χ4v) is 1.66. The number of rotatable bonds is 2. The summed E-state index contributed by atoms with van der Waals surface area (Å²) in [7, 11) is 0. The molecule has 2 N–H and O–H groups in total. The molecule has 94 valence electrons. The number of nitrogens with zero attached hydrogens (tertiary/aromatic N) is 3. The van der Waals surface area contributed by atoms with Crippen molar-refractivity contribution >= 4 is 5.69 Å². The smallest absolute Gasteiger partial charge is 0.261 e. The Labute approximate surface area is 107 Å². The maximum Gasteiger partial charge on any atom is 0.261 e. The zero-order chi connectivity index (χ0) is 13.2. The second kappa shape index (κ2) is 4.49. The lowest BCUT2D eigenvalue weighted by Gasteiger charge is -1.98. The maximum absolute atomic E-state index is 13.7. The maximum atomic E-state index is 13.7. The number of hydrogen-bond acceptors (Lipinski definition) is 5. The third-order valence-electron chi connectivity index (χ3n) is 2.59. The Bertz CT molecular complexity index is 712. The van der Waals surface area contributed by atoms with E-state index in [-0.39, 0.29) is 11.5 Å². The molecule has 0 unspecified atom stereocenters. The molecule has 0 aliphatic carbocycles. The van der Waals surface area contributed by atoms with E-state index in [4.69, 9.17) is 10.3 Å². The van der Waals surface area contributed by atoms with Crippen molar-refractivity contribution in [3.8, 4) is 22.8 Å². The molecule has 0 spiro atoms. The lowest BCUT2D eigenvalue weighted by Crippen LogP contribution is -1.89. The topological polar surface area (TPSA) is 77.8 Å². The number of nitrogen functional groups attached to an aromatic ring is 1. The molecule has 2 heterocycles. The molecule has 0 aliphatic heterocycles. The van der Waals surface area contributed by atoms with E-state index in [0.717, 1.165) is 5.56 Å². The molecule has 0 atom stereocenters. The first-order valence-corrected chi connectivity index (χ1v) is 5.53. The van der Waals surface area contributed by atoms with Crippen LogP contribution in [0, 0.1) is 5.82 Å². The molecule has 6 heteroatoms. The van der Waals surface area contributed by atoms with Crippen LogP contribution in [0.2, 0.25) is 0 Å². The summed E-state index contributed by atoms with van der Waals surface area (Å²) in [4.78, 5) is 8.05. The summed E-state index contributed by atoms with van der Waals surface area (Å²) >= 11 is 0. The van der Waals surface area contributed by atoms with Crippen molar-refractivity contribution in [2.24, 2.45) is 0 Å². The molecule has 1 aromatic carbocycles. The highest BCUT2D eigenvalue weighted by Gasteiger charge is 2.14. The van der Waals surface area contributed by atoms with E-state index in [9.17, 15) is 4.39 Å². The summed E-state index contributed by atoms with van der Waals surface area (Å²) < 4.78 is 18.8. The molecule has 0 amide bonds. The highest BCUT2D eigenvalue weighted by atomic mass is 19.1. The number of halogens is 1. The van der Waals surface area contributed by atoms with E-state index in [1.54, 1.807) is 30.6 Å². The van der Waals surface area contributed by atoms with Gasteiger partial charge in [-0.1, -0.05) is 5.16 Å². The summed E-state index contributed by atoms with van der Waals surface area (Å²) in [5.41, 5.74) is 6.81. The lowest BCUT2D eigenvalue weighted by atomic mass is 10.2.